The number of rotatable bonds is 0. The maximum absolute atomic E-state index is 2.40. The zero-order chi connectivity index (χ0) is 4.24. The van der Waals surface area contributed by atoms with Gasteiger partial charge < -0.3 is 0 Å². The molecule has 3 heteroatoms. The zero-order valence-electron chi connectivity index (χ0n) is 3.44. The minimum Gasteiger partial charge on any atom is -0.109 e. The molecule has 0 aromatic rings. The Bertz CT molecular complexity index is 51.1. The van der Waals surface area contributed by atoms with Crippen LogP contribution in [0.1, 0.15) is 0 Å². The summed E-state index contributed by atoms with van der Waals surface area (Å²) in [5, 5.41) is 0. The third-order valence-electron chi connectivity index (χ3n) is 0.613. The van der Waals surface area contributed by atoms with Crippen molar-refractivity contribution in [3.05, 3.63) is 0 Å². The van der Waals surface area contributed by atoms with E-state index in [1.54, 1.807) is 8.20 Å². The molecule has 0 spiro atoms. The summed E-state index contributed by atoms with van der Waals surface area (Å²) >= 11 is 0. The third-order valence-corrected chi connectivity index (χ3v) is 5.51. The third kappa shape index (κ3) is 1.65. The predicted octanol–water partition coefficient (Wildman–Crippen LogP) is 1.98. The molecule has 1 rings (SSSR count). The van der Waals surface area contributed by atoms with Crippen molar-refractivity contribution >= 4 is 30.9 Å². The average molecular weight is 136 g/mol. The molecule has 0 aliphatic carbocycles. The van der Waals surface area contributed by atoms with E-state index >= 15 is 0 Å². The van der Waals surface area contributed by atoms with Crippen LogP contribution < -0.4 is 0 Å². The Hall–Kier alpha value is 1.03. The van der Waals surface area contributed by atoms with Crippen LogP contribution in [0.2, 0.25) is 0 Å². The van der Waals surface area contributed by atoms with Crippen molar-refractivity contribution in [2.75, 3.05) is 11.8 Å². The van der Waals surface area contributed by atoms with Gasteiger partial charge in [0.1, 0.15) is 0 Å². The molecule has 0 fully saturated rings. The van der Waals surface area contributed by atoms with E-state index in [1.807, 2.05) is 0 Å². The Morgan fingerprint density at radius 3 is 2.83 bits per heavy atom. The zero-order valence-corrected chi connectivity index (χ0v) is 6.33. The van der Waals surface area contributed by atoms with Crippen LogP contribution in [0.3, 0.4) is 0 Å². The quantitative estimate of drug-likeness (QED) is 0.446. The molecule has 34 valence electrons. The summed E-state index contributed by atoms with van der Waals surface area (Å²) in [5.74, 6) is 2.94. The summed E-state index contributed by atoms with van der Waals surface area (Å²) in [5.41, 5.74) is 2.40. The summed E-state index contributed by atoms with van der Waals surface area (Å²) in [4.78, 5) is 0. The molecule has 0 bridgehead atoms. The lowest BCUT2D eigenvalue weighted by atomic mass is 11.8. The lowest BCUT2D eigenvalue weighted by molar-refractivity contribution is 2.11. The van der Waals surface area contributed by atoms with Gasteiger partial charge in [0.15, 0.2) is 0 Å². The standard InChI is InChI=1S/C3H7P3/c1-4-2-6-3-5-1/h1,4,6H,2-3H2. The first kappa shape index (κ1) is 5.17. The summed E-state index contributed by atoms with van der Waals surface area (Å²) in [6, 6.07) is 0. The monoisotopic (exact) mass is 136 g/mol. The van der Waals surface area contributed by atoms with Crippen molar-refractivity contribution in [1.82, 2.24) is 0 Å². The first-order chi connectivity index (χ1) is 3.00. The highest BCUT2D eigenvalue weighted by molar-refractivity contribution is 7.81. The van der Waals surface area contributed by atoms with Crippen LogP contribution in [-0.4, -0.2) is 17.3 Å². The minimum atomic E-state index is 1.18. The van der Waals surface area contributed by atoms with Crippen LogP contribution in [-0.2, 0) is 0 Å². The molecule has 0 saturated carbocycles. The van der Waals surface area contributed by atoms with Crippen LogP contribution in [0.15, 0.2) is 0 Å². The van der Waals surface area contributed by atoms with Gasteiger partial charge in [-0.25, -0.2) is 0 Å². The van der Waals surface area contributed by atoms with Gasteiger partial charge in [-0.15, -0.1) is 8.58 Å². The molecule has 0 radical (unpaired) electrons. The highest BCUT2D eigenvalue weighted by Gasteiger charge is 1.86. The minimum absolute atomic E-state index is 1.18. The number of hydrogen-bond donors (Lipinski definition) is 0. The Kier molecular flexibility index (Phi) is 2.66. The van der Waals surface area contributed by atoms with Gasteiger partial charge in [-0.3, -0.25) is 0 Å². The van der Waals surface area contributed by atoms with Crippen molar-refractivity contribution in [2.24, 2.45) is 0 Å². The van der Waals surface area contributed by atoms with E-state index in [2.05, 4.69) is 5.54 Å². The molecule has 1 heterocycles. The van der Waals surface area contributed by atoms with Crippen LogP contribution >= 0.6 is 25.4 Å². The van der Waals surface area contributed by atoms with Crippen molar-refractivity contribution < 1.29 is 0 Å². The van der Waals surface area contributed by atoms with E-state index in [4.69, 9.17) is 0 Å². The topological polar surface area (TPSA) is 0 Å². The maximum atomic E-state index is 2.40. The molecule has 0 aromatic heterocycles. The second-order valence-corrected chi connectivity index (χ2v) is 6.09. The predicted molar refractivity (Wildman–Crippen MR) is 39.3 cm³/mol. The van der Waals surface area contributed by atoms with Gasteiger partial charge in [0.25, 0.3) is 0 Å². The van der Waals surface area contributed by atoms with E-state index in [-0.39, 0.29) is 0 Å². The molecule has 0 aromatic carbocycles. The van der Waals surface area contributed by atoms with E-state index in [0.717, 1.165) is 0 Å². The van der Waals surface area contributed by atoms with Crippen LogP contribution in [0.25, 0.3) is 0 Å². The molecule has 0 amide bonds. The Balaban J connectivity index is 2.26. The van der Waals surface area contributed by atoms with E-state index in [0.29, 0.717) is 0 Å². The summed E-state index contributed by atoms with van der Waals surface area (Å²) in [6.07, 6.45) is 0. The van der Waals surface area contributed by atoms with Gasteiger partial charge >= 0.3 is 0 Å². The van der Waals surface area contributed by atoms with Crippen LogP contribution in [0.5, 0.6) is 0 Å². The van der Waals surface area contributed by atoms with E-state index < -0.39 is 0 Å². The lowest BCUT2D eigenvalue weighted by Gasteiger charge is -1.97. The Morgan fingerprint density at radius 2 is 2.67 bits per heavy atom. The van der Waals surface area contributed by atoms with Crippen molar-refractivity contribution in [3.8, 4) is 0 Å². The van der Waals surface area contributed by atoms with Gasteiger partial charge in [-0.05, 0) is 11.4 Å². The van der Waals surface area contributed by atoms with Gasteiger partial charge in [-0.1, -0.05) is 16.8 Å². The Labute approximate surface area is 43.5 Å². The molecule has 0 nitrogen and oxygen atoms in total. The van der Waals surface area contributed by atoms with Crippen molar-refractivity contribution in [3.63, 3.8) is 0 Å². The summed E-state index contributed by atoms with van der Waals surface area (Å²) in [6.45, 7) is 0. The average Bonchev–Trinajstić information content (AvgIpc) is 1.72. The second kappa shape index (κ2) is 3.09. The fourth-order valence-corrected chi connectivity index (χ4v) is 5.79. The normalized spacial score (nSPS) is 32.0. The molecule has 2 atom stereocenters. The van der Waals surface area contributed by atoms with Crippen LogP contribution in [0.4, 0.5) is 0 Å². The molecular weight excluding hydrogens is 129 g/mol. The van der Waals surface area contributed by atoms with Gasteiger partial charge in [0.2, 0.25) is 0 Å². The number of hydrogen-bond acceptors (Lipinski definition) is 0. The Morgan fingerprint density at radius 1 is 1.67 bits per heavy atom. The SMILES string of the molecule is C1=PCPCP1. The van der Waals surface area contributed by atoms with Gasteiger partial charge in [-0.2, -0.15) is 0 Å². The maximum Gasteiger partial charge on any atom is 0.00734 e. The first-order valence-corrected chi connectivity index (χ1v) is 5.77. The summed E-state index contributed by atoms with van der Waals surface area (Å²) < 4.78 is 0. The molecule has 2 unspecified atom stereocenters. The fourth-order valence-electron chi connectivity index (χ4n) is 0.348. The highest BCUT2D eigenvalue weighted by atomic mass is 31.2. The van der Waals surface area contributed by atoms with E-state index in [1.165, 1.54) is 29.0 Å². The first-order valence-electron chi connectivity index (χ1n) is 1.92. The van der Waals surface area contributed by atoms with Gasteiger partial charge in [0, 0.05) is 5.90 Å². The smallest absolute Gasteiger partial charge is 0.00734 e. The second-order valence-electron chi connectivity index (χ2n) is 1.10. The largest absolute Gasteiger partial charge is 0.109 e. The lowest BCUT2D eigenvalue weighted by Crippen LogP contribution is -1.67. The summed E-state index contributed by atoms with van der Waals surface area (Å²) in [7, 11) is 4.05. The molecule has 1 aliphatic rings. The van der Waals surface area contributed by atoms with Crippen LogP contribution in [0, 0.1) is 0 Å². The molecule has 0 saturated heterocycles. The molecule has 0 N–H and O–H groups in total. The molecule has 1 aliphatic heterocycles. The fraction of sp³-hybridized carbons (Fsp3) is 0.667. The van der Waals surface area contributed by atoms with Crippen molar-refractivity contribution in [2.45, 2.75) is 0 Å². The molecule has 6 heavy (non-hydrogen) atoms. The van der Waals surface area contributed by atoms with Crippen molar-refractivity contribution in [1.29, 1.82) is 0 Å². The van der Waals surface area contributed by atoms with E-state index in [9.17, 15) is 0 Å². The highest BCUT2D eigenvalue weighted by Crippen LogP contribution is 2.31. The van der Waals surface area contributed by atoms with Gasteiger partial charge in [0.05, 0.1) is 0 Å². The molecular formula is C3H7P3.